The number of amides is 1. The average molecular weight is 320 g/mol. The van der Waals surface area contributed by atoms with Gasteiger partial charge in [-0.15, -0.1) is 0 Å². The molecule has 1 aliphatic heterocycles. The first-order valence-corrected chi connectivity index (χ1v) is 7.69. The lowest BCUT2D eigenvalue weighted by molar-refractivity contribution is -0.130. The van der Waals surface area contributed by atoms with Gasteiger partial charge in [-0.2, -0.15) is 0 Å². The Morgan fingerprint density at radius 2 is 1.91 bits per heavy atom. The van der Waals surface area contributed by atoms with Crippen LogP contribution in [0.25, 0.3) is 11.3 Å². The summed E-state index contributed by atoms with van der Waals surface area (Å²) in [5.41, 5.74) is 1.80. The summed E-state index contributed by atoms with van der Waals surface area (Å²) in [6, 6.07) is 9.49. The van der Waals surface area contributed by atoms with Gasteiger partial charge in [0.1, 0.15) is 5.69 Å². The van der Waals surface area contributed by atoms with Crippen LogP contribution in [0.3, 0.4) is 0 Å². The molecule has 6 heteroatoms. The number of benzene rings is 1. The molecule has 2 aromatic rings. The van der Waals surface area contributed by atoms with Crippen LogP contribution in [0.1, 0.15) is 12.7 Å². The number of piperazine rings is 1. The second-order valence-electron chi connectivity index (χ2n) is 5.47. The van der Waals surface area contributed by atoms with Crippen LogP contribution in [0.15, 0.2) is 34.9 Å². The summed E-state index contributed by atoms with van der Waals surface area (Å²) in [4.78, 5) is 15.5. The van der Waals surface area contributed by atoms with Gasteiger partial charge in [0.15, 0.2) is 5.76 Å². The molecule has 0 unspecified atom stereocenters. The van der Waals surface area contributed by atoms with Crippen molar-refractivity contribution >= 4 is 17.5 Å². The molecule has 0 aliphatic carbocycles. The van der Waals surface area contributed by atoms with Gasteiger partial charge in [0.05, 0.1) is 6.54 Å². The molecule has 0 N–H and O–H groups in total. The predicted octanol–water partition coefficient (Wildman–Crippen LogP) is 2.66. The van der Waals surface area contributed by atoms with Gasteiger partial charge in [-0.25, -0.2) is 0 Å². The van der Waals surface area contributed by atoms with Gasteiger partial charge in [-0.05, 0) is 12.1 Å². The molecule has 2 heterocycles. The van der Waals surface area contributed by atoms with Crippen molar-refractivity contribution in [2.24, 2.45) is 0 Å². The van der Waals surface area contributed by atoms with E-state index in [4.69, 9.17) is 16.1 Å². The minimum Gasteiger partial charge on any atom is -0.359 e. The van der Waals surface area contributed by atoms with E-state index >= 15 is 0 Å². The number of halogens is 1. The molecule has 3 rings (SSSR count). The highest BCUT2D eigenvalue weighted by molar-refractivity contribution is 6.30. The molecule has 116 valence electrons. The Balaban J connectivity index is 1.60. The van der Waals surface area contributed by atoms with Gasteiger partial charge in [-0.3, -0.25) is 9.69 Å². The van der Waals surface area contributed by atoms with E-state index in [1.165, 1.54) is 0 Å². The Hall–Kier alpha value is -1.85. The number of nitrogens with zero attached hydrogens (tertiary/aromatic N) is 3. The van der Waals surface area contributed by atoms with Crippen molar-refractivity contribution in [3.63, 3.8) is 0 Å². The molecule has 1 amide bonds. The maximum absolute atomic E-state index is 11.3. The van der Waals surface area contributed by atoms with Gasteiger partial charge in [0, 0.05) is 49.8 Å². The third kappa shape index (κ3) is 3.48. The standard InChI is InChI=1S/C16H18ClN3O2/c1-12(21)20-8-6-19(7-9-20)11-15-10-16(18-22-15)13-2-4-14(17)5-3-13/h2-5,10H,6-9,11H2,1H3. The predicted molar refractivity (Wildman–Crippen MR) is 84.5 cm³/mol. The van der Waals surface area contributed by atoms with E-state index in [1.54, 1.807) is 6.92 Å². The van der Waals surface area contributed by atoms with E-state index in [2.05, 4.69) is 10.1 Å². The molecule has 1 fully saturated rings. The summed E-state index contributed by atoms with van der Waals surface area (Å²) in [7, 11) is 0. The molecule has 0 bridgehead atoms. The molecule has 1 aromatic heterocycles. The van der Waals surface area contributed by atoms with Crippen LogP contribution < -0.4 is 0 Å². The smallest absolute Gasteiger partial charge is 0.219 e. The fourth-order valence-corrected chi connectivity index (χ4v) is 2.71. The van der Waals surface area contributed by atoms with Gasteiger partial charge < -0.3 is 9.42 Å². The molecule has 0 saturated carbocycles. The van der Waals surface area contributed by atoms with Crippen LogP contribution >= 0.6 is 11.6 Å². The zero-order valence-electron chi connectivity index (χ0n) is 12.5. The monoisotopic (exact) mass is 319 g/mol. The molecular weight excluding hydrogens is 302 g/mol. The third-order valence-corrected chi connectivity index (χ3v) is 4.15. The molecule has 0 spiro atoms. The molecule has 1 aliphatic rings. The highest BCUT2D eigenvalue weighted by atomic mass is 35.5. The summed E-state index contributed by atoms with van der Waals surface area (Å²) >= 11 is 5.89. The average Bonchev–Trinajstić information content (AvgIpc) is 2.97. The molecule has 0 atom stereocenters. The maximum Gasteiger partial charge on any atom is 0.219 e. The molecule has 22 heavy (non-hydrogen) atoms. The second kappa shape index (κ2) is 6.50. The van der Waals surface area contributed by atoms with Crippen molar-refractivity contribution in [3.05, 3.63) is 41.1 Å². The maximum atomic E-state index is 11.3. The molecular formula is C16H18ClN3O2. The van der Waals surface area contributed by atoms with Crippen LogP contribution in [-0.4, -0.2) is 47.0 Å². The van der Waals surface area contributed by atoms with Crippen LogP contribution in [0, 0.1) is 0 Å². The molecule has 0 radical (unpaired) electrons. The summed E-state index contributed by atoms with van der Waals surface area (Å²) < 4.78 is 5.42. The third-order valence-electron chi connectivity index (χ3n) is 3.90. The second-order valence-corrected chi connectivity index (χ2v) is 5.90. The Labute approximate surface area is 134 Å². The first kappa shape index (κ1) is 15.1. The van der Waals surface area contributed by atoms with Crippen molar-refractivity contribution in [2.75, 3.05) is 26.2 Å². The highest BCUT2D eigenvalue weighted by Crippen LogP contribution is 2.22. The zero-order valence-corrected chi connectivity index (χ0v) is 13.2. The lowest BCUT2D eigenvalue weighted by atomic mass is 10.1. The Bertz CT molecular complexity index is 646. The van der Waals surface area contributed by atoms with E-state index in [-0.39, 0.29) is 5.91 Å². The minimum absolute atomic E-state index is 0.143. The van der Waals surface area contributed by atoms with E-state index in [0.29, 0.717) is 11.6 Å². The van der Waals surface area contributed by atoms with Gasteiger partial charge in [0.2, 0.25) is 5.91 Å². The van der Waals surface area contributed by atoms with Crippen LogP contribution in [-0.2, 0) is 11.3 Å². The van der Waals surface area contributed by atoms with Crippen molar-refractivity contribution in [1.29, 1.82) is 0 Å². The van der Waals surface area contributed by atoms with Gasteiger partial charge >= 0.3 is 0 Å². The van der Waals surface area contributed by atoms with Crippen molar-refractivity contribution in [3.8, 4) is 11.3 Å². The van der Waals surface area contributed by atoms with E-state index in [1.807, 2.05) is 35.2 Å². The minimum atomic E-state index is 0.143. The van der Waals surface area contributed by atoms with E-state index < -0.39 is 0 Å². The molecule has 1 saturated heterocycles. The number of carbonyl (C=O) groups excluding carboxylic acids is 1. The Morgan fingerprint density at radius 3 is 2.55 bits per heavy atom. The van der Waals surface area contributed by atoms with Crippen molar-refractivity contribution < 1.29 is 9.32 Å². The Kier molecular flexibility index (Phi) is 4.45. The summed E-state index contributed by atoms with van der Waals surface area (Å²) in [6.07, 6.45) is 0. The number of rotatable bonds is 3. The van der Waals surface area contributed by atoms with Crippen molar-refractivity contribution in [2.45, 2.75) is 13.5 Å². The first-order chi connectivity index (χ1) is 10.6. The molecule has 5 nitrogen and oxygen atoms in total. The van der Waals surface area contributed by atoms with Gasteiger partial charge in [0.25, 0.3) is 0 Å². The van der Waals surface area contributed by atoms with Crippen LogP contribution in [0.2, 0.25) is 5.02 Å². The topological polar surface area (TPSA) is 49.6 Å². The van der Waals surface area contributed by atoms with Crippen molar-refractivity contribution in [1.82, 2.24) is 15.0 Å². The summed E-state index contributed by atoms with van der Waals surface area (Å²) in [5.74, 6) is 0.977. The SMILES string of the molecule is CC(=O)N1CCN(Cc2cc(-c3ccc(Cl)cc3)no2)CC1. The fourth-order valence-electron chi connectivity index (χ4n) is 2.59. The summed E-state index contributed by atoms with van der Waals surface area (Å²) in [6.45, 7) is 5.59. The van der Waals surface area contributed by atoms with E-state index in [0.717, 1.165) is 43.2 Å². The normalized spacial score (nSPS) is 16.0. The zero-order chi connectivity index (χ0) is 15.5. The number of carbonyl (C=O) groups is 1. The number of aromatic nitrogens is 1. The lowest BCUT2D eigenvalue weighted by Crippen LogP contribution is -2.47. The van der Waals surface area contributed by atoms with Gasteiger partial charge in [-0.1, -0.05) is 28.9 Å². The number of hydrogen-bond acceptors (Lipinski definition) is 4. The molecule has 1 aromatic carbocycles. The largest absolute Gasteiger partial charge is 0.359 e. The highest BCUT2D eigenvalue weighted by Gasteiger charge is 2.19. The Morgan fingerprint density at radius 1 is 1.23 bits per heavy atom. The lowest BCUT2D eigenvalue weighted by Gasteiger charge is -2.33. The quantitative estimate of drug-likeness (QED) is 0.872. The van der Waals surface area contributed by atoms with E-state index in [9.17, 15) is 4.79 Å². The van der Waals surface area contributed by atoms with Crippen LogP contribution in [0.4, 0.5) is 0 Å². The number of hydrogen-bond donors (Lipinski definition) is 0. The first-order valence-electron chi connectivity index (χ1n) is 7.31. The summed E-state index contributed by atoms with van der Waals surface area (Å²) in [5, 5.41) is 4.82. The fraction of sp³-hybridized carbons (Fsp3) is 0.375. The van der Waals surface area contributed by atoms with Crippen LogP contribution in [0.5, 0.6) is 0 Å².